The molecule has 0 atom stereocenters. The maximum atomic E-state index is 4.68. The lowest BCUT2D eigenvalue weighted by molar-refractivity contribution is 1.06. The Kier molecular flexibility index (Phi) is 3.38. The summed E-state index contributed by atoms with van der Waals surface area (Å²) in [7, 11) is 0. The van der Waals surface area contributed by atoms with Gasteiger partial charge in [0.25, 0.3) is 0 Å². The third kappa shape index (κ3) is 2.64. The van der Waals surface area contributed by atoms with Crippen molar-refractivity contribution in [1.29, 1.82) is 0 Å². The quantitative estimate of drug-likeness (QED) is 0.753. The largest absolute Gasteiger partial charge is 0.379 e. The number of hydrogen-bond acceptors (Lipinski definition) is 2. The number of rotatable bonds is 3. The lowest BCUT2D eigenvalue weighted by atomic mass is 10.1. The Labute approximate surface area is 119 Å². The summed E-state index contributed by atoms with van der Waals surface area (Å²) in [6, 6.07) is 18.9. The Bertz CT molecular complexity index is 747. The van der Waals surface area contributed by atoms with Crippen LogP contribution in [0.4, 0.5) is 5.69 Å². The zero-order valence-corrected chi connectivity index (χ0v) is 11.9. The zero-order valence-electron chi connectivity index (χ0n) is 11.9. The molecule has 1 aromatic heterocycles. The number of benzene rings is 2. The predicted molar refractivity (Wildman–Crippen MR) is 85.0 cm³/mol. The van der Waals surface area contributed by atoms with Crippen molar-refractivity contribution in [3.05, 3.63) is 71.4 Å². The molecule has 0 aliphatic heterocycles. The molecule has 0 saturated carbocycles. The highest BCUT2D eigenvalue weighted by atomic mass is 14.9. The van der Waals surface area contributed by atoms with Crippen molar-refractivity contribution in [3.8, 4) is 0 Å². The average molecular weight is 262 g/mol. The standard InChI is InChI=1S/C18H18N2/c1-13-7-10-17(14(2)11-13)19-12-16-9-8-15-5-3-4-6-18(15)20-16/h3-11,19H,12H2,1-2H3. The monoisotopic (exact) mass is 262 g/mol. The molecule has 0 aliphatic carbocycles. The Morgan fingerprint density at radius 1 is 0.950 bits per heavy atom. The first-order chi connectivity index (χ1) is 9.72. The molecule has 2 heteroatoms. The molecule has 0 spiro atoms. The summed E-state index contributed by atoms with van der Waals surface area (Å²) in [5.41, 5.74) is 5.84. The summed E-state index contributed by atoms with van der Waals surface area (Å²) in [5.74, 6) is 0. The van der Waals surface area contributed by atoms with Crippen molar-refractivity contribution in [2.24, 2.45) is 0 Å². The smallest absolute Gasteiger partial charge is 0.0706 e. The van der Waals surface area contributed by atoms with Crippen molar-refractivity contribution in [2.45, 2.75) is 20.4 Å². The fourth-order valence-corrected chi connectivity index (χ4v) is 2.40. The highest BCUT2D eigenvalue weighted by Crippen LogP contribution is 2.17. The van der Waals surface area contributed by atoms with E-state index in [1.165, 1.54) is 22.2 Å². The van der Waals surface area contributed by atoms with Crippen LogP contribution in [0.15, 0.2) is 54.6 Å². The van der Waals surface area contributed by atoms with Gasteiger partial charge in [0.15, 0.2) is 0 Å². The number of para-hydroxylation sites is 1. The second-order valence-corrected chi connectivity index (χ2v) is 5.17. The Morgan fingerprint density at radius 2 is 1.80 bits per heavy atom. The van der Waals surface area contributed by atoms with E-state index in [1.54, 1.807) is 0 Å². The topological polar surface area (TPSA) is 24.9 Å². The first-order valence-corrected chi connectivity index (χ1v) is 6.88. The number of nitrogens with zero attached hydrogens (tertiary/aromatic N) is 1. The van der Waals surface area contributed by atoms with Crippen molar-refractivity contribution in [3.63, 3.8) is 0 Å². The summed E-state index contributed by atoms with van der Waals surface area (Å²) in [6.07, 6.45) is 0. The van der Waals surface area contributed by atoms with Gasteiger partial charge in [-0.2, -0.15) is 0 Å². The third-order valence-corrected chi connectivity index (χ3v) is 3.50. The number of aromatic nitrogens is 1. The number of nitrogens with one attached hydrogen (secondary N) is 1. The van der Waals surface area contributed by atoms with E-state index in [0.29, 0.717) is 0 Å². The van der Waals surface area contributed by atoms with Crippen molar-refractivity contribution >= 4 is 16.6 Å². The molecular weight excluding hydrogens is 244 g/mol. The van der Waals surface area contributed by atoms with E-state index < -0.39 is 0 Å². The number of anilines is 1. The van der Waals surface area contributed by atoms with Crippen LogP contribution in [0.2, 0.25) is 0 Å². The lowest BCUT2D eigenvalue weighted by Crippen LogP contribution is -2.03. The minimum absolute atomic E-state index is 0.745. The zero-order chi connectivity index (χ0) is 13.9. The second-order valence-electron chi connectivity index (χ2n) is 5.17. The fraction of sp³-hybridized carbons (Fsp3) is 0.167. The molecule has 0 aliphatic rings. The molecule has 3 rings (SSSR count). The summed E-state index contributed by atoms with van der Waals surface area (Å²) < 4.78 is 0. The normalized spacial score (nSPS) is 10.7. The van der Waals surface area contributed by atoms with Gasteiger partial charge in [-0.1, -0.05) is 42.0 Å². The van der Waals surface area contributed by atoms with Crippen LogP contribution in [-0.2, 0) is 6.54 Å². The molecule has 3 aromatic rings. The molecule has 0 radical (unpaired) electrons. The number of hydrogen-bond donors (Lipinski definition) is 1. The van der Waals surface area contributed by atoms with Gasteiger partial charge in [-0.15, -0.1) is 0 Å². The van der Waals surface area contributed by atoms with E-state index in [2.05, 4.69) is 66.6 Å². The van der Waals surface area contributed by atoms with Crippen LogP contribution in [0.3, 0.4) is 0 Å². The fourth-order valence-electron chi connectivity index (χ4n) is 2.40. The Morgan fingerprint density at radius 3 is 2.65 bits per heavy atom. The van der Waals surface area contributed by atoms with Crippen molar-refractivity contribution in [2.75, 3.05) is 5.32 Å². The maximum absolute atomic E-state index is 4.68. The average Bonchev–Trinajstić information content (AvgIpc) is 2.46. The molecule has 0 unspecified atom stereocenters. The third-order valence-electron chi connectivity index (χ3n) is 3.50. The van der Waals surface area contributed by atoms with Gasteiger partial charge in [0.1, 0.15) is 0 Å². The van der Waals surface area contributed by atoms with Gasteiger partial charge in [-0.25, -0.2) is 0 Å². The van der Waals surface area contributed by atoms with Crippen LogP contribution in [0.5, 0.6) is 0 Å². The molecule has 2 aromatic carbocycles. The summed E-state index contributed by atoms with van der Waals surface area (Å²) in [5, 5.41) is 4.64. The van der Waals surface area contributed by atoms with Gasteiger partial charge in [0.2, 0.25) is 0 Å². The summed E-state index contributed by atoms with van der Waals surface area (Å²) >= 11 is 0. The number of fused-ring (bicyclic) bond motifs is 1. The van der Waals surface area contributed by atoms with Crippen LogP contribution >= 0.6 is 0 Å². The Balaban J connectivity index is 1.79. The van der Waals surface area contributed by atoms with Gasteiger partial charge in [0.05, 0.1) is 17.8 Å². The molecule has 100 valence electrons. The summed E-state index contributed by atoms with van der Waals surface area (Å²) in [4.78, 5) is 4.68. The van der Waals surface area contributed by atoms with Gasteiger partial charge >= 0.3 is 0 Å². The van der Waals surface area contributed by atoms with Crippen LogP contribution < -0.4 is 5.32 Å². The minimum atomic E-state index is 0.745. The van der Waals surface area contributed by atoms with E-state index in [4.69, 9.17) is 0 Å². The van der Waals surface area contributed by atoms with Gasteiger partial charge < -0.3 is 5.32 Å². The predicted octanol–water partition coefficient (Wildman–Crippen LogP) is 4.46. The van der Waals surface area contributed by atoms with Crippen LogP contribution in [0.1, 0.15) is 16.8 Å². The highest BCUT2D eigenvalue weighted by Gasteiger charge is 2.00. The Hall–Kier alpha value is -2.35. The molecule has 0 saturated heterocycles. The summed E-state index contributed by atoms with van der Waals surface area (Å²) in [6.45, 7) is 4.99. The lowest BCUT2D eigenvalue weighted by Gasteiger charge is -2.10. The van der Waals surface area contributed by atoms with Gasteiger partial charge in [-0.05, 0) is 37.6 Å². The first kappa shape index (κ1) is 12.7. The molecule has 2 nitrogen and oxygen atoms in total. The SMILES string of the molecule is Cc1ccc(NCc2ccc3ccccc3n2)c(C)c1. The van der Waals surface area contributed by atoms with Crippen molar-refractivity contribution in [1.82, 2.24) is 4.98 Å². The molecule has 20 heavy (non-hydrogen) atoms. The van der Waals surface area contributed by atoms with E-state index >= 15 is 0 Å². The number of aryl methyl sites for hydroxylation is 2. The van der Waals surface area contributed by atoms with Crippen LogP contribution in [0, 0.1) is 13.8 Å². The van der Waals surface area contributed by atoms with Gasteiger partial charge in [-0.3, -0.25) is 4.98 Å². The molecule has 0 fully saturated rings. The van der Waals surface area contributed by atoms with Crippen molar-refractivity contribution < 1.29 is 0 Å². The second kappa shape index (κ2) is 5.33. The van der Waals surface area contributed by atoms with E-state index in [0.717, 1.165) is 17.8 Å². The first-order valence-electron chi connectivity index (χ1n) is 6.88. The maximum Gasteiger partial charge on any atom is 0.0706 e. The van der Waals surface area contributed by atoms with E-state index in [9.17, 15) is 0 Å². The van der Waals surface area contributed by atoms with Crippen LogP contribution in [-0.4, -0.2) is 4.98 Å². The molecule has 1 N–H and O–H groups in total. The number of pyridine rings is 1. The molecule has 1 heterocycles. The van der Waals surface area contributed by atoms with Gasteiger partial charge in [0, 0.05) is 11.1 Å². The molecule has 0 bridgehead atoms. The van der Waals surface area contributed by atoms with Crippen LogP contribution in [0.25, 0.3) is 10.9 Å². The molecular formula is C18H18N2. The van der Waals surface area contributed by atoms with E-state index in [1.807, 2.05) is 12.1 Å². The van der Waals surface area contributed by atoms with E-state index in [-0.39, 0.29) is 0 Å². The molecule has 0 amide bonds. The highest BCUT2D eigenvalue weighted by molar-refractivity contribution is 5.78. The minimum Gasteiger partial charge on any atom is -0.379 e.